The summed E-state index contributed by atoms with van der Waals surface area (Å²) in [5, 5.41) is 0.817. The summed E-state index contributed by atoms with van der Waals surface area (Å²) in [6, 6.07) is 5.27. The third kappa shape index (κ3) is 2.81. The first-order valence-corrected chi connectivity index (χ1v) is 7.24. The molecule has 1 unspecified atom stereocenters. The normalized spacial score (nSPS) is 18.8. The van der Waals surface area contributed by atoms with Gasteiger partial charge in [-0.3, -0.25) is 9.59 Å². The summed E-state index contributed by atoms with van der Waals surface area (Å²) in [6.07, 6.45) is 0.558. The fourth-order valence-corrected chi connectivity index (χ4v) is 2.71. The second kappa shape index (κ2) is 5.74. The van der Waals surface area contributed by atoms with Crippen LogP contribution in [0.25, 0.3) is 0 Å². The van der Waals surface area contributed by atoms with Crippen molar-refractivity contribution >= 4 is 33.3 Å². The van der Waals surface area contributed by atoms with Crippen LogP contribution in [0.1, 0.15) is 23.7 Å². The number of benzene rings is 1. The Hall–Kier alpha value is -1.36. The Bertz CT molecular complexity index is 515. The number of amides is 1. The molecule has 0 spiro atoms. The van der Waals surface area contributed by atoms with Gasteiger partial charge in [0.15, 0.2) is 5.78 Å². The van der Waals surface area contributed by atoms with E-state index in [2.05, 4.69) is 15.9 Å². The predicted octanol–water partition coefficient (Wildman–Crippen LogP) is 2.65. The van der Waals surface area contributed by atoms with Gasteiger partial charge in [-0.2, -0.15) is 0 Å². The first-order valence-electron chi connectivity index (χ1n) is 6.12. The summed E-state index contributed by atoms with van der Waals surface area (Å²) >= 11 is 3.41. The number of anilines is 1. The molecule has 0 aliphatic carbocycles. The fourth-order valence-electron chi connectivity index (χ4n) is 2.27. The number of carbonyl (C=O) groups is 2. The first-order chi connectivity index (χ1) is 9.06. The number of alkyl halides is 1. The molecule has 0 radical (unpaired) electrons. The molecule has 2 rings (SSSR count). The Morgan fingerprint density at radius 3 is 2.79 bits per heavy atom. The highest BCUT2D eigenvalue weighted by Gasteiger charge is 2.30. The maximum Gasteiger partial charge on any atom is 0.227 e. The fraction of sp³-hybridized carbons (Fsp3) is 0.429. The minimum Gasteiger partial charge on any atom is -0.496 e. The van der Waals surface area contributed by atoms with Gasteiger partial charge in [-0.1, -0.05) is 15.9 Å². The van der Waals surface area contributed by atoms with Crippen LogP contribution in [0.5, 0.6) is 5.75 Å². The van der Waals surface area contributed by atoms with E-state index in [9.17, 15) is 9.59 Å². The molecule has 102 valence electrons. The van der Waals surface area contributed by atoms with Gasteiger partial charge in [0.05, 0.1) is 12.7 Å². The van der Waals surface area contributed by atoms with Gasteiger partial charge >= 0.3 is 0 Å². The van der Waals surface area contributed by atoms with Gasteiger partial charge in [-0.05, 0) is 25.0 Å². The quantitative estimate of drug-likeness (QED) is 0.631. The molecule has 1 heterocycles. The summed E-state index contributed by atoms with van der Waals surface area (Å²) < 4.78 is 5.23. The lowest BCUT2D eigenvalue weighted by atomic mass is 10.1. The highest BCUT2D eigenvalue weighted by molar-refractivity contribution is 9.09. The highest BCUT2D eigenvalue weighted by atomic mass is 79.9. The zero-order valence-corrected chi connectivity index (χ0v) is 12.6. The summed E-state index contributed by atoms with van der Waals surface area (Å²) in [7, 11) is 1.53. The third-order valence-corrected chi connectivity index (χ3v) is 4.22. The monoisotopic (exact) mass is 325 g/mol. The van der Waals surface area contributed by atoms with Crippen LogP contribution in [-0.2, 0) is 4.79 Å². The average Bonchev–Trinajstić information content (AvgIpc) is 2.79. The van der Waals surface area contributed by atoms with Crippen LogP contribution in [0.15, 0.2) is 18.2 Å². The van der Waals surface area contributed by atoms with Crippen LogP contribution in [-0.4, -0.2) is 30.7 Å². The Labute approximate surface area is 120 Å². The van der Waals surface area contributed by atoms with Crippen LogP contribution in [0.2, 0.25) is 0 Å². The van der Waals surface area contributed by atoms with E-state index in [0.717, 1.165) is 11.0 Å². The summed E-state index contributed by atoms with van der Waals surface area (Å²) in [4.78, 5) is 25.2. The third-order valence-electron chi connectivity index (χ3n) is 3.30. The molecule has 0 aromatic heterocycles. The van der Waals surface area contributed by atoms with Gasteiger partial charge < -0.3 is 9.64 Å². The van der Waals surface area contributed by atoms with Crippen LogP contribution >= 0.6 is 15.9 Å². The maximum atomic E-state index is 12.0. The lowest BCUT2D eigenvalue weighted by Gasteiger charge is -2.18. The number of rotatable bonds is 4. The molecule has 1 fully saturated rings. The number of nitrogens with zero attached hydrogens (tertiary/aromatic N) is 1. The van der Waals surface area contributed by atoms with Crippen molar-refractivity contribution in [1.29, 1.82) is 0 Å². The van der Waals surface area contributed by atoms with E-state index in [4.69, 9.17) is 4.74 Å². The largest absolute Gasteiger partial charge is 0.496 e. The van der Waals surface area contributed by atoms with Gasteiger partial charge in [0.25, 0.3) is 0 Å². The van der Waals surface area contributed by atoms with E-state index in [-0.39, 0.29) is 11.7 Å². The van der Waals surface area contributed by atoms with Crippen molar-refractivity contribution in [2.45, 2.75) is 13.3 Å². The number of Topliss-reactive ketones (excluding diaryl/α,β-unsaturated/α-hetero) is 1. The molecule has 0 bridgehead atoms. The minimum absolute atomic E-state index is 0.0468. The molecule has 1 saturated heterocycles. The average molecular weight is 326 g/mol. The Morgan fingerprint density at radius 2 is 2.26 bits per heavy atom. The molecule has 0 N–H and O–H groups in total. The molecule has 1 aliphatic heterocycles. The maximum absolute atomic E-state index is 12.0. The predicted molar refractivity (Wildman–Crippen MR) is 77.3 cm³/mol. The second-order valence-corrected chi connectivity index (χ2v) is 5.32. The molecule has 1 aromatic carbocycles. The molecule has 5 heteroatoms. The standard InChI is InChI=1S/C14H16BrNO3/c1-9(17)12-4-3-11(6-13(12)19-2)16-8-10(7-15)5-14(16)18/h3-4,6,10H,5,7-8H2,1-2H3. The van der Waals surface area contributed by atoms with E-state index in [1.165, 1.54) is 14.0 Å². The van der Waals surface area contributed by atoms with Gasteiger partial charge in [0.1, 0.15) is 5.75 Å². The zero-order chi connectivity index (χ0) is 14.0. The van der Waals surface area contributed by atoms with Gasteiger partial charge in [-0.15, -0.1) is 0 Å². The molecule has 1 aliphatic rings. The van der Waals surface area contributed by atoms with Crippen LogP contribution < -0.4 is 9.64 Å². The molecule has 4 nitrogen and oxygen atoms in total. The Kier molecular flexibility index (Phi) is 4.24. The van der Waals surface area contributed by atoms with Crippen molar-refractivity contribution in [2.24, 2.45) is 5.92 Å². The smallest absolute Gasteiger partial charge is 0.227 e. The summed E-state index contributed by atoms with van der Waals surface area (Å²) in [5.74, 6) is 0.919. The second-order valence-electron chi connectivity index (χ2n) is 4.67. The molecule has 0 saturated carbocycles. The van der Waals surface area contributed by atoms with Gasteiger partial charge in [0.2, 0.25) is 5.91 Å². The van der Waals surface area contributed by atoms with Crippen LogP contribution in [0.4, 0.5) is 5.69 Å². The van der Waals surface area contributed by atoms with Crippen molar-refractivity contribution in [2.75, 3.05) is 23.9 Å². The van der Waals surface area contributed by atoms with Gasteiger partial charge in [0, 0.05) is 30.0 Å². The topological polar surface area (TPSA) is 46.6 Å². The number of hydrogen-bond acceptors (Lipinski definition) is 3. The zero-order valence-electron chi connectivity index (χ0n) is 11.0. The Balaban J connectivity index is 2.31. The lowest BCUT2D eigenvalue weighted by Crippen LogP contribution is -2.24. The number of halogens is 1. The van der Waals surface area contributed by atoms with Crippen molar-refractivity contribution in [3.8, 4) is 5.75 Å². The molecule has 19 heavy (non-hydrogen) atoms. The molecule has 1 aromatic rings. The number of ketones is 1. The first kappa shape index (κ1) is 14.1. The van der Waals surface area contributed by atoms with Crippen LogP contribution in [0, 0.1) is 5.92 Å². The van der Waals surface area contributed by atoms with Crippen molar-refractivity contribution < 1.29 is 14.3 Å². The highest BCUT2D eigenvalue weighted by Crippen LogP contribution is 2.30. The van der Waals surface area contributed by atoms with E-state index in [1.807, 2.05) is 0 Å². The SMILES string of the molecule is COc1cc(N2CC(CBr)CC2=O)ccc1C(C)=O. The van der Waals surface area contributed by atoms with E-state index in [0.29, 0.717) is 30.2 Å². The number of carbonyl (C=O) groups excluding carboxylic acids is 2. The van der Waals surface area contributed by atoms with E-state index >= 15 is 0 Å². The summed E-state index contributed by atoms with van der Waals surface area (Å²) in [5.41, 5.74) is 1.32. The molecule has 1 amide bonds. The summed E-state index contributed by atoms with van der Waals surface area (Å²) in [6.45, 7) is 2.20. The van der Waals surface area contributed by atoms with Crippen molar-refractivity contribution in [1.82, 2.24) is 0 Å². The molecule has 1 atom stereocenters. The minimum atomic E-state index is -0.0468. The lowest BCUT2D eigenvalue weighted by molar-refractivity contribution is -0.117. The number of hydrogen-bond donors (Lipinski definition) is 0. The van der Waals surface area contributed by atoms with E-state index < -0.39 is 0 Å². The van der Waals surface area contributed by atoms with Crippen LogP contribution in [0.3, 0.4) is 0 Å². The number of ether oxygens (including phenoxy) is 1. The Morgan fingerprint density at radius 1 is 1.53 bits per heavy atom. The molecular weight excluding hydrogens is 310 g/mol. The van der Waals surface area contributed by atoms with Crippen molar-refractivity contribution in [3.05, 3.63) is 23.8 Å². The number of methoxy groups -OCH3 is 1. The van der Waals surface area contributed by atoms with E-state index in [1.54, 1.807) is 23.1 Å². The van der Waals surface area contributed by atoms with Gasteiger partial charge in [-0.25, -0.2) is 0 Å². The molecular formula is C14H16BrNO3. The van der Waals surface area contributed by atoms with Crippen molar-refractivity contribution in [3.63, 3.8) is 0 Å².